The fourth-order valence-corrected chi connectivity index (χ4v) is 2.60. The number of nitrogens with zero attached hydrogens (tertiary/aromatic N) is 2. The van der Waals surface area contributed by atoms with Gasteiger partial charge in [-0.25, -0.2) is 9.59 Å². The van der Waals surface area contributed by atoms with Crippen molar-refractivity contribution in [1.82, 2.24) is 9.80 Å². The second-order valence-electron chi connectivity index (χ2n) is 9.22. The lowest BCUT2D eigenvalue weighted by molar-refractivity contribution is -0.121. The number of likely N-dealkylation sites (tertiary alicyclic amines) is 2. The van der Waals surface area contributed by atoms with Crippen molar-refractivity contribution in [3.05, 3.63) is 12.2 Å². The number of hydrogen-bond donors (Lipinski definition) is 0. The van der Waals surface area contributed by atoms with Gasteiger partial charge in [0.05, 0.1) is 0 Å². The molecule has 0 aromatic rings. The average molecular weight is 397 g/mol. The third-order valence-corrected chi connectivity index (χ3v) is 4.10. The molecule has 0 aromatic heterocycles. The van der Waals surface area contributed by atoms with Crippen molar-refractivity contribution in [2.75, 3.05) is 26.2 Å². The van der Waals surface area contributed by atoms with Crippen LogP contribution in [0.4, 0.5) is 9.59 Å². The molecule has 160 valence electrons. The normalized spacial score (nSPS) is 18.2. The summed E-state index contributed by atoms with van der Waals surface area (Å²) in [6, 6.07) is 0. The van der Waals surface area contributed by atoms with Crippen molar-refractivity contribution in [2.45, 2.75) is 78.4 Å². The van der Waals surface area contributed by atoms with Crippen molar-refractivity contribution >= 4 is 18.0 Å². The Morgan fingerprint density at radius 2 is 1.07 bits per heavy atom. The molecule has 0 bridgehead atoms. The van der Waals surface area contributed by atoms with Gasteiger partial charge >= 0.3 is 12.2 Å². The third kappa shape index (κ3) is 9.76. The SMILES string of the molecule is C=C1CCN(C(=O)OC(C)(C)C)CC1.CC(C)(C)OC(=O)N1CCC(=O)CC1. The van der Waals surface area contributed by atoms with Crippen LogP contribution in [0.5, 0.6) is 0 Å². The number of piperidine rings is 2. The molecule has 7 nitrogen and oxygen atoms in total. The van der Waals surface area contributed by atoms with Crippen molar-refractivity contribution in [2.24, 2.45) is 0 Å². The van der Waals surface area contributed by atoms with E-state index in [1.165, 1.54) is 5.57 Å². The van der Waals surface area contributed by atoms with Crippen LogP contribution in [0, 0.1) is 0 Å². The zero-order chi connectivity index (χ0) is 21.5. The predicted octanol–water partition coefficient (Wildman–Crippen LogP) is 4.16. The van der Waals surface area contributed by atoms with Crippen LogP contribution in [0.2, 0.25) is 0 Å². The van der Waals surface area contributed by atoms with Crippen LogP contribution in [0.25, 0.3) is 0 Å². The Hall–Kier alpha value is -2.05. The quantitative estimate of drug-likeness (QED) is 0.575. The van der Waals surface area contributed by atoms with Gasteiger partial charge in [0, 0.05) is 39.0 Å². The van der Waals surface area contributed by atoms with Gasteiger partial charge in [0.15, 0.2) is 0 Å². The fraction of sp³-hybridized carbons (Fsp3) is 0.762. The molecule has 0 atom stereocenters. The smallest absolute Gasteiger partial charge is 0.410 e. The van der Waals surface area contributed by atoms with Crippen LogP contribution < -0.4 is 0 Å². The highest BCUT2D eigenvalue weighted by molar-refractivity contribution is 5.81. The van der Waals surface area contributed by atoms with Gasteiger partial charge in [-0.15, -0.1) is 0 Å². The van der Waals surface area contributed by atoms with E-state index in [4.69, 9.17) is 9.47 Å². The summed E-state index contributed by atoms with van der Waals surface area (Å²) in [5.41, 5.74) is 0.370. The monoisotopic (exact) mass is 396 g/mol. The molecule has 0 N–H and O–H groups in total. The molecular weight excluding hydrogens is 360 g/mol. The Morgan fingerprint density at radius 3 is 1.39 bits per heavy atom. The largest absolute Gasteiger partial charge is 0.444 e. The molecular formula is C21H36N2O5. The minimum Gasteiger partial charge on any atom is -0.444 e. The van der Waals surface area contributed by atoms with E-state index in [1.54, 1.807) is 9.80 Å². The zero-order valence-electron chi connectivity index (χ0n) is 18.3. The van der Waals surface area contributed by atoms with E-state index in [0.717, 1.165) is 25.9 Å². The van der Waals surface area contributed by atoms with Gasteiger partial charge in [0.25, 0.3) is 0 Å². The molecule has 0 spiro atoms. The number of hydrogen-bond acceptors (Lipinski definition) is 5. The average Bonchev–Trinajstić information content (AvgIpc) is 2.53. The second-order valence-corrected chi connectivity index (χ2v) is 9.22. The van der Waals surface area contributed by atoms with Gasteiger partial charge in [0.2, 0.25) is 0 Å². The Balaban J connectivity index is 0.000000280. The molecule has 2 aliphatic heterocycles. The van der Waals surface area contributed by atoms with Gasteiger partial charge in [-0.05, 0) is 54.4 Å². The highest BCUT2D eigenvalue weighted by Crippen LogP contribution is 2.17. The Bertz CT molecular complexity index is 515. The topological polar surface area (TPSA) is 76.2 Å². The molecule has 2 aliphatic rings. The Labute approximate surface area is 169 Å². The molecule has 2 saturated heterocycles. The van der Waals surface area contributed by atoms with Crippen molar-refractivity contribution < 1.29 is 23.9 Å². The first-order valence-electron chi connectivity index (χ1n) is 9.91. The van der Waals surface area contributed by atoms with Crippen LogP contribution in [0.3, 0.4) is 0 Å². The van der Waals surface area contributed by atoms with Crippen molar-refractivity contribution in [3.8, 4) is 0 Å². The van der Waals surface area contributed by atoms with E-state index >= 15 is 0 Å². The maximum absolute atomic E-state index is 11.6. The Kier molecular flexibility index (Phi) is 8.51. The lowest BCUT2D eigenvalue weighted by atomic mass is 10.1. The van der Waals surface area contributed by atoms with Crippen LogP contribution in [-0.4, -0.2) is 65.2 Å². The number of rotatable bonds is 0. The van der Waals surface area contributed by atoms with E-state index in [9.17, 15) is 14.4 Å². The maximum Gasteiger partial charge on any atom is 0.410 e. The molecule has 2 rings (SSSR count). The molecule has 0 unspecified atom stereocenters. The third-order valence-electron chi connectivity index (χ3n) is 4.10. The van der Waals surface area contributed by atoms with Crippen molar-refractivity contribution in [3.63, 3.8) is 0 Å². The zero-order valence-corrected chi connectivity index (χ0v) is 18.3. The number of carbonyl (C=O) groups is 3. The molecule has 0 radical (unpaired) electrons. The van der Waals surface area contributed by atoms with Crippen molar-refractivity contribution in [1.29, 1.82) is 0 Å². The minimum atomic E-state index is -0.460. The molecule has 0 saturated carbocycles. The standard InChI is InChI=1S/C11H19NO2.C10H17NO3/c1-9-5-7-12(8-6-9)10(13)14-11(2,3)4;1-10(2,3)14-9(13)11-6-4-8(12)5-7-11/h1,5-8H2,2-4H3;4-7H2,1-3H3. The van der Waals surface area contributed by atoms with Gasteiger partial charge in [-0.1, -0.05) is 12.2 Å². The van der Waals surface area contributed by atoms with Gasteiger partial charge < -0.3 is 19.3 Å². The summed E-state index contributed by atoms with van der Waals surface area (Å²) in [4.78, 5) is 37.4. The first kappa shape index (κ1) is 24.0. The van der Waals surface area contributed by atoms with Gasteiger partial charge in [-0.3, -0.25) is 4.79 Å². The van der Waals surface area contributed by atoms with E-state index in [2.05, 4.69) is 6.58 Å². The Morgan fingerprint density at radius 1 is 0.750 bits per heavy atom. The molecule has 2 heterocycles. The lowest BCUT2D eigenvalue weighted by Crippen LogP contribution is -2.41. The summed E-state index contributed by atoms with van der Waals surface area (Å²) in [6.45, 7) is 17.5. The highest BCUT2D eigenvalue weighted by atomic mass is 16.6. The number of carbonyl (C=O) groups excluding carboxylic acids is 3. The summed E-state index contributed by atoms with van der Waals surface area (Å²) < 4.78 is 10.5. The summed E-state index contributed by atoms with van der Waals surface area (Å²) >= 11 is 0. The van der Waals surface area contributed by atoms with E-state index in [0.29, 0.717) is 25.9 Å². The number of ketones is 1. The van der Waals surface area contributed by atoms with E-state index < -0.39 is 11.2 Å². The van der Waals surface area contributed by atoms with Gasteiger partial charge in [0.1, 0.15) is 17.0 Å². The van der Waals surface area contributed by atoms with Gasteiger partial charge in [-0.2, -0.15) is 0 Å². The summed E-state index contributed by atoms with van der Waals surface area (Å²) in [7, 11) is 0. The number of ether oxygens (including phenoxy) is 2. The first-order chi connectivity index (χ1) is 12.8. The number of amides is 2. The second kappa shape index (κ2) is 9.94. The lowest BCUT2D eigenvalue weighted by Gasteiger charge is -2.30. The first-order valence-corrected chi connectivity index (χ1v) is 9.91. The highest BCUT2D eigenvalue weighted by Gasteiger charge is 2.26. The van der Waals surface area contributed by atoms with Crippen LogP contribution in [0.1, 0.15) is 67.2 Å². The predicted molar refractivity (Wildman–Crippen MR) is 108 cm³/mol. The molecule has 2 amide bonds. The number of Topliss-reactive ketones (excluding diaryl/α,β-unsaturated/α-hetero) is 1. The molecule has 7 heteroatoms. The van der Waals surface area contributed by atoms with E-state index in [-0.39, 0.29) is 18.0 Å². The molecule has 0 aliphatic carbocycles. The fourth-order valence-electron chi connectivity index (χ4n) is 2.60. The minimum absolute atomic E-state index is 0.204. The van der Waals surface area contributed by atoms with Crippen LogP contribution in [-0.2, 0) is 14.3 Å². The van der Waals surface area contributed by atoms with Crippen LogP contribution >= 0.6 is 0 Å². The molecule has 2 fully saturated rings. The summed E-state index contributed by atoms with van der Waals surface area (Å²) in [5.74, 6) is 0.227. The molecule has 28 heavy (non-hydrogen) atoms. The maximum atomic E-state index is 11.6. The van der Waals surface area contributed by atoms with Crippen LogP contribution in [0.15, 0.2) is 12.2 Å². The molecule has 0 aromatic carbocycles. The summed E-state index contributed by atoms with van der Waals surface area (Å²) in [5, 5.41) is 0. The van der Waals surface area contributed by atoms with E-state index in [1.807, 2.05) is 41.5 Å². The summed E-state index contributed by atoms with van der Waals surface area (Å²) in [6.07, 6.45) is 2.20.